The van der Waals surface area contributed by atoms with Crippen molar-refractivity contribution in [2.45, 2.75) is 0 Å². The van der Waals surface area contributed by atoms with Crippen LogP contribution in [-0.4, -0.2) is 17.5 Å². The second-order valence-electron chi connectivity index (χ2n) is 11.4. The molecule has 209 valence electrons. The van der Waals surface area contributed by atoms with E-state index in [-0.39, 0.29) is 8.41 Å². The number of para-hydroxylation sites is 3. The molecule has 0 atom stereocenters. The van der Waals surface area contributed by atoms with Crippen LogP contribution in [-0.2, 0) is 0 Å². The predicted octanol–water partition coefficient (Wildman–Crippen LogP) is 10.8. The lowest BCUT2D eigenvalue weighted by atomic mass is 10.0. The van der Waals surface area contributed by atoms with E-state index in [9.17, 15) is 0 Å². The summed E-state index contributed by atoms with van der Waals surface area (Å²) in [5.74, 6) is 0. The van der Waals surface area contributed by atoms with Crippen molar-refractivity contribution in [2.75, 3.05) is 0 Å². The van der Waals surface area contributed by atoms with E-state index in [2.05, 4.69) is 179 Å². The first-order valence-corrected chi connectivity index (χ1v) is 15.1. The lowest BCUT2D eigenvalue weighted by Gasteiger charge is -2.10. The molecule has 0 spiro atoms. The van der Waals surface area contributed by atoms with E-state index in [0.29, 0.717) is 0 Å². The molecule has 9 rings (SSSR count). The highest BCUT2D eigenvalue weighted by atomic mass is 15.0. The average Bonchev–Trinajstić information content (AvgIpc) is 3.61. The quantitative estimate of drug-likeness (QED) is 0.186. The molecule has 0 saturated heterocycles. The Morgan fingerprint density at radius 1 is 0.267 bits per heavy atom. The summed E-state index contributed by atoms with van der Waals surface area (Å²) in [7, 11) is 0. The van der Waals surface area contributed by atoms with Crippen LogP contribution in [0, 0.1) is 0 Å². The maximum absolute atomic E-state index is 2.39. The van der Waals surface area contributed by atoms with Gasteiger partial charge in [0.2, 0.25) is 0 Å². The molecule has 0 amide bonds. The van der Waals surface area contributed by atoms with E-state index in [0.717, 1.165) is 0 Å². The van der Waals surface area contributed by atoms with E-state index in [4.69, 9.17) is 0 Å². The van der Waals surface area contributed by atoms with Gasteiger partial charge in [0.1, 0.15) is 0 Å². The number of rotatable bonds is 4. The molecule has 45 heavy (non-hydrogen) atoms. The van der Waals surface area contributed by atoms with Crippen LogP contribution in [0.25, 0.3) is 77.2 Å². The van der Waals surface area contributed by atoms with Gasteiger partial charge in [-0.1, -0.05) is 109 Å². The Morgan fingerprint density at radius 3 is 1.18 bits per heavy atom. The molecule has 3 heteroatoms. The van der Waals surface area contributed by atoms with Crippen molar-refractivity contribution in [1.29, 1.82) is 0 Å². The summed E-state index contributed by atoms with van der Waals surface area (Å²) in [6, 6.07) is 61.4. The monoisotopic (exact) mass is 571 g/mol. The largest absolute Gasteiger partial charge is 0.309 e. The number of nitrogens with zero attached hydrogens (tertiary/aromatic N) is 2. The second-order valence-corrected chi connectivity index (χ2v) is 11.4. The van der Waals surface area contributed by atoms with Crippen LogP contribution in [0.3, 0.4) is 0 Å². The van der Waals surface area contributed by atoms with Crippen LogP contribution in [0.2, 0.25) is 0 Å². The van der Waals surface area contributed by atoms with Crippen LogP contribution in [0.15, 0.2) is 170 Å². The molecule has 0 fully saturated rings. The van der Waals surface area contributed by atoms with Gasteiger partial charge in [-0.25, -0.2) is 0 Å². The fourth-order valence-electron chi connectivity index (χ4n) is 6.87. The lowest BCUT2D eigenvalue weighted by molar-refractivity contribution is 1.18. The van der Waals surface area contributed by atoms with E-state index < -0.39 is 0 Å². The molecule has 3 radical (unpaired) electrons. The van der Waals surface area contributed by atoms with Gasteiger partial charge in [-0.05, 0) is 82.9 Å². The summed E-state index contributed by atoms with van der Waals surface area (Å²) in [5.41, 5.74) is 12.1. The molecule has 2 heterocycles. The van der Waals surface area contributed by atoms with Crippen LogP contribution in [0.5, 0.6) is 0 Å². The Morgan fingerprint density at radius 2 is 0.644 bits per heavy atom. The molecule has 2 nitrogen and oxygen atoms in total. The van der Waals surface area contributed by atoms with Gasteiger partial charge in [0, 0.05) is 41.3 Å². The van der Waals surface area contributed by atoms with Gasteiger partial charge in [-0.3, -0.25) is 0 Å². The maximum atomic E-state index is 2.39. The average molecular weight is 572 g/mol. The molecular formula is C42H28BN2. The second kappa shape index (κ2) is 10.7. The SMILES string of the molecule is [B].c1ccc(-c2ccc(-n3c4ccccc4c4cc(-c5ccc6c(c5)c5ccccc5n6-c5ccccc5)ccc43)cc2)cc1. The van der Waals surface area contributed by atoms with Crippen molar-refractivity contribution in [3.05, 3.63) is 170 Å². The summed E-state index contributed by atoms with van der Waals surface area (Å²) in [5, 5.41) is 5.06. The first-order chi connectivity index (χ1) is 21.8. The van der Waals surface area contributed by atoms with Crippen LogP contribution >= 0.6 is 0 Å². The van der Waals surface area contributed by atoms with Gasteiger partial charge in [0.15, 0.2) is 0 Å². The third kappa shape index (κ3) is 4.28. The Labute approximate surface area is 264 Å². The highest BCUT2D eigenvalue weighted by Crippen LogP contribution is 2.38. The minimum atomic E-state index is 0. The van der Waals surface area contributed by atoms with Crippen molar-refractivity contribution in [2.24, 2.45) is 0 Å². The zero-order chi connectivity index (χ0) is 29.0. The standard InChI is InChI=1S/C42H28N2.B/c1-3-11-29(12-4-1)30-19-23-34(24-20-30)44-40-18-10-8-16-36(40)38-28-32(22-26-42(38)44)31-21-25-41-37(27-31)35-15-7-9-17-39(35)43(41)33-13-5-2-6-14-33;/h1-28H;. The molecule has 0 aliphatic heterocycles. The normalized spacial score (nSPS) is 11.4. The zero-order valence-electron chi connectivity index (χ0n) is 24.6. The summed E-state index contributed by atoms with van der Waals surface area (Å²) < 4.78 is 4.76. The van der Waals surface area contributed by atoms with E-state index in [1.807, 2.05) is 0 Å². The first kappa shape index (κ1) is 26.8. The van der Waals surface area contributed by atoms with E-state index >= 15 is 0 Å². The van der Waals surface area contributed by atoms with E-state index in [1.54, 1.807) is 0 Å². The molecule has 9 aromatic rings. The molecule has 0 unspecified atom stereocenters. The van der Waals surface area contributed by atoms with Gasteiger partial charge >= 0.3 is 0 Å². The molecule has 0 N–H and O–H groups in total. The van der Waals surface area contributed by atoms with E-state index in [1.165, 1.54) is 77.2 Å². The molecule has 2 aromatic heterocycles. The van der Waals surface area contributed by atoms with Gasteiger partial charge in [-0.2, -0.15) is 0 Å². The summed E-state index contributed by atoms with van der Waals surface area (Å²) in [6.07, 6.45) is 0. The Kier molecular flexibility index (Phi) is 6.39. The Bertz CT molecular complexity index is 2470. The Balaban J connectivity index is 0.00000300. The number of hydrogen-bond donors (Lipinski definition) is 0. The van der Waals surface area contributed by atoms with Crippen LogP contribution in [0.4, 0.5) is 0 Å². The number of fused-ring (bicyclic) bond motifs is 6. The molecular weight excluding hydrogens is 543 g/mol. The van der Waals surface area contributed by atoms with Crippen LogP contribution < -0.4 is 0 Å². The van der Waals surface area contributed by atoms with Gasteiger partial charge in [0.05, 0.1) is 22.1 Å². The smallest absolute Gasteiger partial charge is 0.0541 e. The van der Waals surface area contributed by atoms with Gasteiger partial charge < -0.3 is 9.13 Å². The molecule has 7 aromatic carbocycles. The summed E-state index contributed by atoms with van der Waals surface area (Å²) >= 11 is 0. The molecule has 0 bridgehead atoms. The number of aromatic nitrogens is 2. The number of benzene rings is 7. The highest BCUT2D eigenvalue weighted by Gasteiger charge is 2.16. The summed E-state index contributed by atoms with van der Waals surface area (Å²) in [4.78, 5) is 0. The van der Waals surface area contributed by atoms with Crippen LogP contribution in [0.1, 0.15) is 0 Å². The molecule has 0 aliphatic rings. The Hall–Kier alpha value is -5.80. The van der Waals surface area contributed by atoms with Crippen molar-refractivity contribution in [1.82, 2.24) is 9.13 Å². The highest BCUT2D eigenvalue weighted by molar-refractivity contribution is 6.12. The first-order valence-electron chi connectivity index (χ1n) is 15.1. The van der Waals surface area contributed by atoms with Crippen molar-refractivity contribution >= 4 is 52.0 Å². The van der Waals surface area contributed by atoms with Gasteiger partial charge in [-0.15, -0.1) is 0 Å². The topological polar surface area (TPSA) is 9.86 Å². The molecule has 0 aliphatic carbocycles. The van der Waals surface area contributed by atoms with Crippen molar-refractivity contribution in [3.8, 4) is 33.6 Å². The van der Waals surface area contributed by atoms with Crippen molar-refractivity contribution < 1.29 is 0 Å². The summed E-state index contributed by atoms with van der Waals surface area (Å²) in [6.45, 7) is 0. The third-order valence-corrected chi connectivity index (χ3v) is 8.93. The minimum absolute atomic E-state index is 0. The fraction of sp³-hybridized carbons (Fsp3) is 0. The minimum Gasteiger partial charge on any atom is -0.309 e. The zero-order valence-corrected chi connectivity index (χ0v) is 24.6. The van der Waals surface area contributed by atoms with Crippen molar-refractivity contribution in [3.63, 3.8) is 0 Å². The third-order valence-electron chi connectivity index (χ3n) is 8.93. The maximum Gasteiger partial charge on any atom is 0.0541 e. The lowest BCUT2D eigenvalue weighted by Crippen LogP contribution is -1.93. The van der Waals surface area contributed by atoms with Gasteiger partial charge in [0.25, 0.3) is 0 Å². The predicted molar refractivity (Wildman–Crippen MR) is 192 cm³/mol. The number of hydrogen-bond acceptors (Lipinski definition) is 0. The fourth-order valence-corrected chi connectivity index (χ4v) is 6.87. The molecule has 0 saturated carbocycles.